The van der Waals surface area contributed by atoms with Gasteiger partial charge in [-0.05, 0) is 49.4 Å². The third kappa shape index (κ3) is 4.76. The van der Waals surface area contributed by atoms with E-state index in [0.717, 1.165) is 24.8 Å². The fourth-order valence-corrected chi connectivity index (χ4v) is 4.67. The minimum absolute atomic E-state index is 0.122. The molecule has 3 rings (SSSR count). The van der Waals surface area contributed by atoms with Gasteiger partial charge in [0.2, 0.25) is 10.0 Å². The number of fused-ring (bicyclic) bond motifs is 1. The summed E-state index contributed by atoms with van der Waals surface area (Å²) >= 11 is 0. The fraction of sp³-hybridized carbons (Fsp3) is 0.632. The molecule has 6 nitrogen and oxygen atoms in total. The Morgan fingerprint density at radius 2 is 2.04 bits per heavy atom. The number of carbonyl (C=O) groups is 1. The molecular weight excluding hydrogens is 352 g/mol. The van der Waals surface area contributed by atoms with E-state index in [9.17, 15) is 13.2 Å². The SMILES string of the molecule is CS(=O)(=O)N1CCc2cc(C(=O)NCCCOC3CCCCC3)ccc21. The lowest BCUT2D eigenvalue weighted by molar-refractivity contribution is 0.0273. The molecule has 0 atom stereocenters. The molecular formula is C19H28N2O4S. The molecule has 1 saturated carbocycles. The van der Waals surface area contributed by atoms with Gasteiger partial charge in [0.05, 0.1) is 18.0 Å². The van der Waals surface area contributed by atoms with Gasteiger partial charge in [-0.15, -0.1) is 0 Å². The van der Waals surface area contributed by atoms with Crippen molar-refractivity contribution < 1.29 is 17.9 Å². The molecule has 144 valence electrons. The lowest BCUT2D eigenvalue weighted by Crippen LogP contribution is -2.27. The van der Waals surface area contributed by atoms with Crippen LogP contribution in [0.2, 0.25) is 0 Å². The van der Waals surface area contributed by atoms with Crippen LogP contribution in [0.4, 0.5) is 5.69 Å². The zero-order valence-electron chi connectivity index (χ0n) is 15.4. The maximum Gasteiger partial charge on any atom is 0.251 e. The van der Waals surface area contributed by atoms with Crippen LogP contribution in [-0.4, -0.2) is 46.4 Å². The quantitative estimate of drug-likeness (QED) is 0.738. The Morgan fingerprint density at radius 1 is 1.27 bits per heavy atom. The highest BCUT2D eigenvalue weighted by Crippen LogP contribution is 2.30. The Morgan fingerprint density at radius 3 is 2.77 bits per heavy atom. The molecule has 1 heterocycles. The average molecular weight is 381 g/mol. The number of rotatable bonds is 7. The molecule has 1 aliphatic heterocycles. The zero-order valence-corrected chi connectivity index (χ0v) is 16.2. The van der Waals surface area contributed by atoms with Crippen LogP contribution in [0, 0.1) is 0 Å². The number of hydrogen-bond donors (Lipinski definition) is 1. The van der Waals surface area contributed by atoms with Crippen LogP contribution in [0.5, 0.6) is 0 Å². The second kappa shape index (κ2) is 8.39. The minimum atomic E-state index is -3.26. The number of nitrogens with zero attached hydrogens (tertiary/aromatic N) is 1. The highest BCUT2D eigenvalue weighted by atomic mass is 32.2. The van der Waals surface area contributed by atoms with Gasteiger partial charge in [-0.3, -0.25) is 9.10 Å². The molecule has 0 aromatic heterocycles. The third-order valence-corrected chi connectivity index (χ3v) is 6.29. The van der Waals surface area contributed by atoms with Crippen LogP contribution in [0.25, 0.3) is 0 Å². The summed E-state index contributed by atoms with van der Waals surface area (Å²) in [6.45, 7) is 1.70. The van der Waals surface area contributed by atoms with Crippen molar-refractivity contribution in [1.82, 2.24) is 5.32 Å². The number of sulfonamides is 1. The molecule has 1 aromatic carbocycles. The molecule has 0 radical (unpaired) electrons. The molecule has 0 saturated heterocycles. The van der Waals surface area contributed by atoms with Crippen LogP contribution in [0.1, 0.15) is 54.4 Å². The first-order valence-corrected chi connectivity index (χ1v) is 11.3. The lowest BCUT2D eigenvalue weighted by atomic mass is 9.98. The monoisotopic (exact) mass is 380 g/mol. The van der Waals surface area contributed by atoms with E-state index in [1.54, 1.807) is 18.2 Å². The van der Waals surface area contributed by atoms with Crippen LogP contribution < -0.4 is 9.62 Å². The van der Waals surface area contributed by atoms with Crippen LogP contribution >= 0.6 is 0 Å². The number of benzene rings is 1. The summed E-state index contributed by atoms with van der Waals surface area (Å²) in [5.41, 5.74) is 2.17. The van der Waals surface area contributed by atoms with Crippen LogP contribution in [0.3, 0.4) is 0 Å². The van der Waals surface area contributed by atoms with Crippen molar-refractivity contribution >= 4 is 21.6 Å². The van der Waals surface area contributed by atoms with Gasteiger partial charge in [-0.1, -0.05) is 19.3 Å². The molecule has 0 bridgehead atoms. The normalized spacial score (nSPS) is 18.0. The minimum Gasteiger partial charge on any atom is -0.378 e. The van der Waals surface area contributed by atoms with E-state index >= 15 is 0 Å². The Balaban J connectivity index is 1.45. The van der Waals surface area contributed by atoms with Gasteiger partial charge in [0.25, 0.3) is 5.91 Å². The molecule has 1 amide bonds. The van der Waals surface area contributed by atoms with Crippen molar-refractivity contribution in [2.24, 2.45) is 0 Å². The van der Waals surface area contributed by atoms with Gasteiger partial charge in [-0.25, -0.2) is 8.42 Å². The van der Waals surface area contributed by atoms with E-state index in [2.05, 4.69) is 5.32 Å². The summed E-state index contributed by atoms with van der Waals surface area (Å²) < 4.78 is 30.8. The smallest absolute Gasteiger partial charge is 0.251 e. The second-order valence-electron chi connectivity index (χ2n) is 7.17. The maximum atomic E-state index is 12.3. The Bertz CT molecular complexity index is 742. The maximum absolute atomic E-state index is 12.3. The number of amides is 1. The van der Waals surface area contributed by atoms with Crippen molar-refractivity contribution in [2.75, 3.05) is 30.3 Å². The van der Waals surface area contributed by atoms with Gasteiger partial charge in [0.1, 0.15) is 0 Å². The topological polar surface area (TPSA) is 75.7 Å². The van der Waals surface area contributed by atoms with Crippen molar-refractivity contribution in [3.8, 4) is 0 Å². The highest BCUT2D eigenvalue weighted by molar-refractivity contribution is 7.92. The number of hydrogen-bond acceptors (Lipinski definition) is 4. The summed E-state index contributed by atoms with van der Waals surface area (Å²) in [7, 11) is -3.26. The third-order valence-electron chi connectivity index (χ3n) is 5.11. The standard InChI is InChI=1S/C19H28N2O4S/c1-26(23,24)21-12-10-15-14-16(8-9-18(15)21)19(22)20-11-5-13-25-17-6-3-2-4-7-17/h8-9,14,17H,2-7,10-13H2,1H3,(H,20,22). The van der Waals surface area contributed by atoms with E-state index in [1.807, 2.05) is 0 Å². The van der Waals surface area contributed by atoms with Crippen molar-refractivity contribution in [1.29, 1.82) is 0 Å². The summed E-state index contributed by atoms with van der Waals surface area (Å²) in [6, 6.07) is 5.22. The lowest BCUT2D eigenvalue weighted by Gasteiger charge is -2.21. The second-order valence-corrected chi connectivity index (χ2v) is 9.08. The zero-order chi connectivity index (χ0) is 18.6. The molecule has 2 aliphatic rings. The molecule has 1 N–H and O–H groups in total. The van der Waals surface area contributed by atoms with Crippen LogP contribution in [0.15, 0.2) is 18.2 Å². The summed E-state index contributed by atoms with van der Waals surface area (Å²) in [5.74, 6) is -0.122. The number of carbonyl (C=O) groups excluding carboxylic acids is 1. The number of nitrogens with one attached hydrogen (secondary N) is 1. The largest absolute Gasteiger partial charge is 0.378 e. The van der Waals surface area contributed by atoms with E-state index in [4.69, 9.17) is 4.74 Å². The van der Waals surface area contributed by atoms with Gasteiger partial charge in [0.15, 0.2) is 0 Å². The number of anilines is 1. The van der Waals surface area contributed by atoms with E-state index in [-0.39, 0.29) is 5.91 Å². The van der Waals surface area contributed by atoms with Gasteiger partial charge in [-0.2, -0.15) is 0 Å². The predicted octanol–water partition coefficient (Wildman–Crippen LogP) is 2.48. The van der Waals surface area contributed by atoms with E-state index in [1.165, 1.54) is 29.8 Å². The van der Waals surface area contributed by atoms with Gasteiger partial charge >= 0.3 is 0 Å². The Hall–Kier alpha value is -1.60. The van der Waals surface area contributed by atoms with E-state index in [0.29, 0.717) is 43.5 Å². The molecule has 0 unspecified atom stereocenters. The number of ether oxygens (including phenoxy) is 1. The molecule has 1 fully saturated rings. The molecule has 1 aliphatic carbocycles. The molecule has 7 heteroatoms. The Kier molecular flexibility index (Phi) is 6.19. The van der Waals surface area contributed by atoms with Crippen molar-refractivity contribution in [3.63, 3.8) is 0 Å². The first-order chi connectivity index (χ1) is 12.4. The molecule has 1 aromatic rings. The first-order valence-electron chi connectivity index (χ1n) is 9.45. The summed E-state index contributed by atoms with van der Waals surface area (Å²) in [6.07, 6.45) is 9.20. The van der Waals surface area contributed by atoms with E-state index < -0.39 is 10.0 Å². The molecule has 26 heavy (non-hydrogen) atoms. The van der Waals surface area contributed by atoms with Crippen molar-refractivity contribution in [2.45, 2.75) is 51.0 Å². The fourth-order valence-electron chi connectivity index (χ4n) is 3.72. The summed E-state index contributed by atoms with van der Waals surface area (Å²) in [5, 5.41) is 2.92. The average Bonchev–Trinajstić information content (AvgIpc) is 3.05. The van der Waals surface area contributed by atoms with Gasteiger partial charge < -0.3 is 10.1 Å². The Labute approximate surface area is 156 Å². The van der Waals surface area contributed by atoms with Gasteiger partial charge in [0, 0.05) is 25.3 Å². The van der Waals surface area contributed by atoms with Crippen molar-refractivity contribution in [3.05, 3.63) is 29.3 Å². The highest BCUT2D eigenvalue weighted by Gasteiger charge is 2.26. The molecule has 0 spiro atoms. The predicted molar refractivity (Wildman–Crippen MR) is 102 cm³/mol. The van der Waals surface area contributed by atoms with Crippen LogP contribution in [-0.2, 0) is 21.2 Å². The summed E-state index contributed by atoms with van der Waals surface area (Å²) in [4.78, 5) is 12.3. The first kappa shape index (κ1) is 19.2.